The number of hydrogen-bond acceptors (Lipinski definition) is 3. The Labute approximate surface area is 117 Å². The molecule has 1 saturated carbocycles. The van der Waals surface area contributed by atoms with E-state index in [1.807, 2.05) is 0 Å². The van der Waals surface area contributed by atoms with Gasteiger partial charge in [-0.1, -0.05) is 12.2 Å². The van der Waals surface area contributed by atoms with E-state index < -0.39 is 4.57 Å². The number of rotatable bonds is 3. The lowest BCUT2D eigenvalue weighted by atomic mass is 9.77. The van der Waals surface area contributed by atoms with Gasteiger partial charge in [0.05, 0.1) is 0 Å². The lowest BCUT2D eigenvalue weighted by molar-refractivity contribution is 0.0645. The van der Waals surface area contributed by atoms with Gasteiger partial charge in [0, 0.05) is 5.25 Å². The Kier molecular flexibility index (Phi) is 5.52. The predicted molar refractivity (Wildman–Crippen MR) is 82.7 cm³/mol. The summed E-state index contributed by atoms with van der Waals surface area (Å²) >= 11 is 12.0. The third kappa shape index (κ3) is 3.91. The summed E-state index contributed by atoms with van der Waals surface area (Å²) in [6, 6.07) is 0. The van der Waals surface area contributed by atoms with Crippen LogP contribution >= 0.6 is 39.2 Å². The minimum absolute atomic E-state index is 0.135. The van der Waals surface area contributed by atoms with Crippen LogP contribution in [0.5, 0.6) is 0 Å². The number of hydrogen-bond donors (Lipinski definition) is 1. The summed E-state index contributed by atoms with van der Waals surface area (Å²) in [5.74, 6) is 0.606. The van der Waals surface area contributed by atoms with Crippen molar-refractivity contribution in [2.45, 2.75) is 44.0 Å². The molecule has 0 saturated heterocycles. The van der Waals surface area contributed by atoms with Gasteiger partial charge in [-0.15, -0.1) is 0 Å². The van der Waals surface area contributed by atoms with E-state index in [1.54, 1.807) is 0 Å². The van der Waals surface area contributed by atoms with E-state index in [4.69, 9.17) is 16.3 Å². The zero-order valence-corrected chi connectivity index (χ0v) is 13.8. The van der Waals surface area contributed by atoms with E-state index in [0.717, 1.165) is 19.3 Å². The van der Waals surface area contributed by atoms with Gasteiger partial charge >= 0.3 is 4.57 Å². The van der Waals surface area contributed by atoms with E-state index in [9.17, 15) is 0 Å². The topological polar surface area (TPSA) is 9.23 Å². The first kappa shape index (κ1) is 14.4. The molecule has 1 aliphatic carbocycles. The Morgan fingerprint density at radius 1 is 1.73 bits per heavy atom. The van der Waals surface area contributed by atoms with Crippen LogP contribution in [0.3, 0.4) is 0 Å². The predicted octanol–water partition coefficient (Wildman–Crippen LogP) is 4.65. The second kappa shape index (κ2) is 5.76. The van der Waals surface area contributed by atoms with Crippen LogP contribution in [0.4, 0.5) is 0 Å². The fraction of sp³-hybridized carbons (Fsp3) is 0.800. The molecular weight excluding hydrogens is 358 g/mol. The van der Waals surface area contributed by atoms with Crippen LogP contribution in [-0.2, 0) is 16.3 Å². The van der Waals surface area contributed by atoms with Crippen LogP contribution in [0.15, 0.2) is 12.2 Å². The number of allylic oxidation sites excluding steroid dienone is 1. The zero-order chi connectivity index (χ0) is 11.6. The van der Waals surface area contributed by atoms with Crippen molar-refractivity contribution in [3.63, 3.8) is 0 Å². The third-order valence-corrected chi connectivity index (χ3v) is 5.31. The molecule has 0 aromatic rings. The van der Waals surface area contributed by atoms with Crippen molar-refractivity contribution >= 4 is 51.0 Å². The Bertz CT molecular complexity index is 285. The second-order valence-corrected chi connectivity index (χ2v) is 11.3. The highest BCUT2D eigenvalue weighted by Gasteiger charge is 2.43. The third-order valence-electron chi connectivity index (χ3n) is 3.18. The van der Waals surface area contributed by atoms with E-state index in [1.165, 1.54) is 5.57 Å². The molecule has 0 amide bonds. The molecule has 4 atom stereocenters. The van der Waals surface area contributed by atoms with Gasteiger partial charge in [-0.3, -0.25) is 0 Å². The Morgan fingerprint density at radius 3 is 2.73 bits per heavy atom. The summed E-state index contributed by atoms with van der Waals surface area (Å²) in [5, 5.41) is 0.274. The molecule has 5 heteroatoms. The Morgan fingerprint density at radius 2 is 2.33 bits per heavy atom. The largest absolute Gasteiger partial charge is 0.407 e. The van der Waals surface area contributed by atoms with Gasteiger partial charge in [0.1, 0.15) is 5.60 Å². The highest BCUT2D eigenvalue weighted by molar-refractivity contribution is 14.2. The van der Waals surface area contributed by atoms with Crippen molar-refractivity contribution < 1.29 is 4.52 Å². The summed E-state index contributed by atoms with van der Waals surface area (Å²) in [5.41, 5.74) is 1.13. The molecule has 0 aliphatic heterocycles. The van der Waals surface area contributed by atoms with Crippen molar-refractivity contribution in [2.24, 2.45) is 5.92 Å². The summed E-state index contributed by atoms with van der Waals surface area (Å²) < 4.78 is 5.13. The first-order valence-electron chi connectivity index (χ1n) is 5.01. The van der Waals surface area contributed by atoms with E-state index in [2.05, 4.69) is 55.1 Å². The summed E-state index contributed by atoms with van der Waals surface area (Å²) in [4.78, 5) is 0. The number of halogens is 1. The quantitative estimate of drug-likeness (QED) is 0.333. The Hall–Kier alpha value is 1.30. The summed E-state index contributed by atoms with van der Waals surface area (Å²) in [7, 11) is 0. The zero-order valence-electron chi connectivity index (χ0n) is 9.07. The average Bonchev–Trinajstić information content (AvgIpc) is 2.08. The van der Waals surface area contributed by atoms with Crippen LogP contribution in [0.2, 0.25) is 0 Å². The molecule has 0 N–H and O–H groups in total. The van der Waals surface area contributed by atoms with Crippen LogP contribution in [0, 0.1) is 5.92 Å². The second-order valence-electron chi connectivity index (χ2n) is 4.45. The van der Waals surface area contributed by atoms with Crippen LogP contribution < -0.4 is 0 Å². The van der Waals surface area contributed by atoms with Gasteiger partial charge in [0.25, 0.3) is 22.0 Å². The average molecular weight is 375 g/mol. The summed E-state index contributed by atoms with van der Waals surface area (Å²) in [6.45, 7) is 8.27. The SMILES string of the molecule is C=C(C)[C@@H]1CC[C@](C)(O[P+](=S)I)[C@@H](S)C1. The van der Waals surface area contributed by atoms with Gasteiger partial charge in [-0.05, 0) is 39.0 Å². The summed E-state index contributed by atoms with van der Waals surface area (Å²) in [6.07, 6.45) is 3.25. The molecule has 0 radical (unpaired) electrons. The van der Waals surface area contributed by atoms with Crippen molar-refractivity contribution in [1.29, 1.82) is 0 Å². The molecule has 86 valence electrons. The molecule has 0 aromatic carbocycles. The van der Waals surface area contributed by atoms with E-state index >= 15 is 0 Å². The minimum atomic E-state index is -0.746. The molecule has 0 bridgehead atoms. The lowest BCUT2D eigenvalue weighted by Crippen LogP contribution is -2.42. The molecule has 1 rings (SSSR count). The van der Waals surface area contributed by atoms with Crippen LogP contribution in [0.1, 0.15) is 33.1 Å². The molecular formula is C10H17IOPS2+. The lowest BCUT2D eigenvalue weighted by Gasteiger charge is -2.38. The first-order valence-corrected chi connectivity index (χ1v) is 10.6. The highest BCUT2D eigenvalue weighted by atomic mass is 127. The monoisotopic (exact) mass is 375 g/mol. The molecule has 1 nitrogen and oxygen atoms in total. The first-order chi connectivity index (χ1) is 6.85. The molecule has 0 spiro atoms. The number of thiol groups is 1. The van der Waals surface area contributed by atoms with Crippen molar-refractivity contribution in [3.05, 3.63) is 12.2 Å². The van der Waals surface area contributed by atoms with Crippen molar-refractivity contribution in [2.75, 3.05) is 0 Å². The van der Waals surface area contributed by atoms with E-state index in [0.29, 0.717) is 5.92 Å². The van der Waals surface area contributed by atoms with Gasteiger partial charge in [-0.2, -0.15) is 17.2 Å². The van der Waals surface area contributed by atoms with Crippen LogP contribution in [0.25, 0.3) is 0 Å². The van der Waals surface area contributed by atoms with Gasteiger partial charge in [0.2, 0.25) is 11.8 Å². The maximum atomic E-state index is 5.88. The van der Waals surface area contributed by atoms with Gasteiger partial charge in [0.15, 0.2) is 0 Å². The molecule has 15 heavy (non-hydrogen) atoms. The maximum absolute atomic E-state index is 5.88. The normalized spacial score (nSPS) is 37.5. The fourth-order valence-corrected chi connectivity index (χ4v) is 4.91. The highest BCUT2D eigenvalue weighted by Crippen LogP contribution is 2.47. The van der Waals surface area contributed by atoms with Crippen molar-refractivity contribution in [3.8, 4) is 0 Å². The van der Waals surface area contributed by atoms with Crippen molar-refractivity contribution in [1.82, 2.24) is 0 Å². The minimum Gasteiger partial charge on any atom is -0.173 e. The standard InChI is InChI=1S/C10H16IOPS2/c1-7(2)8-4-5-10(3,9(14)6-8)12-13(11)15/h8-9H,1,4-6H2,2-3H3/p+1/t8-,9+,10+/m1/s1. The molecule has 1 fully saturated rings. The Balaban J connectivity index is 2.66. The van der Waals surface area contributed by atoms with Gasteiger partial charge in [-0.25, -0.2) is 0 Å². The van der Waals surface area contributed by atoms with Crippen LogP contribution in [-0.4, -0.2) is 10.9 Å². The van der Waals surface area contributed by atoms with E-state index in [-0.39, 0.29) is 10.9 Å². The van der Waals surface area contributed by atoms with Gasteiger partial charge < -0.3 is 0 Å². The molecule has 0 aromatic heterocycles. The maximum Gasteiger partial charge on any atom is 0.407 e. The smallest absolute Gasteiger partial charge is 0.173 e. The molecule has 0 heterocycles. The molecule has 1 unspecified atom stereocenters. The molecule has 1 aliphatic rings. The fourth-order valence-electron chi connectivity index (χ4n) is 1.98.